The number of ether oxygens (including phenoxy) is 1. The fourth-order valence-electron chi connectivity index (χ4n) is 3.78. The molecule has 1 aromatic carbocycles. The van der Waals surface area contributed by atoms with Crippen molar-refractivity contribution in [1.29, 1.82) is 0 Å². The SMILES string of the molecule is CCOC(=O)c1ccc(S(=O)(=O)N2CCC(C(=O)N(C)Cc3ccc(CC)cc3)CC2)o1. The summed E-state index contributed by atoms with van der Waals surface area (Å²) in [5.74, 6) is -1.06. The van der Waals surface area contributed by atoms with Crippen LogP contribution in [0.2, 0.25) is 0 Å². The predicted octanol–water partition coefficient (Wildman–Crippen LogP) is 3.08. The van der Waals surface area contributed by atoms with Crippen molar-refractivity contribution in [2.24, 2.45) is 5.92 Å². The fraction of sp³-hybridized carbons (Fsp3) is 0.478. The second kappa shape index (κ2) is 10.3. The van der Waals surface area contributed by atoms with Crippen molar-refractivity contribution >= 4 is 21.9 Å². The number of nitrogens with zero attached hydrogens (tertiary/aromatic N) is 2. The minimum absolute atomic E-state index is 0.0178. The van der Waals surface area contributed by atoms with Crippen LogP contribution < -0.4 is 0 Å². The summed E-state index contributed by atoms with van der Waals surface area (Å²) >= 11 is 0. The van der Waals surface area contributed by atoms with Gasteiger partial charge in [0.25, 0.3) is 10.0 Å². The van der Waals surface area contributed by atoms with Crippen LogP contribution in [0.3, 0.4) is 0 Å². The predicted molar refractivity (Wildman–Crippen MR) is 118 cm³/mol. The lowest BCUT2D eigenvalue weighted by Gasteiger charge is -2.32. The van der Waals surface area contributed by atoms with Gasteiger partial charge in [0, 0.05) is 32.6 Å². The molecule has 0 unspecified atom stereocenters. The lowest BCUT2D eigenvalue weighted by molar-refractivity contribution is -0.135. The molecule has 1 aromatic heterocycles. The molecule has 8 nitrogen and oxygen atoms in total. The van der Waals surface area contributed by atoms with Crippen molar-refractivity contribution in [3.05, 3.63) is 53.3 Å². The lowest BCUT2D eigenvalue weighted by atomic mass is 9.96. The molecule has 0 saturated carbocycles. The Balaban J connectivity index is 1.57. The highest BCUT2D eigenvalue weighted by atomic mass is 32.2. The first-order valence-electron chi connectivity index (χ1n) is 10.9. The van der Waals surface area contributed by atoms with Crippen LogP contribution in [0.5, 0.6) is 0 Å². The van der Waals surface area contributed by atoms with Gasteiger partial charge >= 0.3 is 5.97 Å². The normalized spacial score (nSPS) is 15.5. The molecule has 0 atom stereocenters. The van der Waals surface area contributed by atoms with Crippen molar-refractivity contribution in [1.82, 2.24) is 9.21 Å². The van der Waals surface area contributed by atoms with E-state index in [1.165, 1.54) is 22.0 Å². The molecule has 0 radical (unpaired) electrons. The first kappa shape index (κ1) is 24.0. The summed E-state index contributed by atoms with van der Waals surface area (Å²) in [6.45, 7) is 4.87. The molecule has 1 saturated heterocycles. The van der Waals surface area contributed by atoms with E-state index in [9.17, 15) is 18.0 Å². The number of sulfonamides is 1. The summed E-state index contributed by atoms with van der Waals surface area (Å²) in [4.78, 5) is 26.3. The van der Waals surface area contributed by atoms with E-state index in [0.29, 0.717) is 19.4 Å². The molecule has 3 rings (SSSR count). The molecule has 32 heavy (non-hydrogen) atoms. The van der Waals surface area contributed by atoms with E-state index >= 15 is 0 Å². The third-order valence-electron chi connectivity index (χ3n) is 5.68. The van der Waals surface area contributed by atoms with Gasteiger partial charge in [0.05, 0.1) is 6.61 Å². The van der Waals surface area contributed by atoms with Crippen LogP contribution in [0, 0.1) is 5.92 Å². The molecular formula is C23H30N2O6S. The average Bonchev–Trinajstić information content (AvgIpc) is 3.31. The molecule has 0 N–H and O–H groups in total. The Kier molecular flexibility index (Phi) is 7.73. The van der Waals surface area contributed by atoms with Gasteiger partial charge in [0.1, 0.15) is 0 Å². The van der Waals surface area contributed by atoms with Crippen LogP contribution in [0.4, 0.5) is 0 Å². The minimum Gasteiger partial charge on any atom is -0.460 e. The van der Waals surface area contributed by atoms with Gasteiger partial charge in [-0.05, 0) is 49.4 Å². The molecule has 1 fully saturated rings. The van der Waals surface area contributed by atoms with E-state index in [-0.39, 0.29) is 42.4 Å². The number of aryl methyl sites for hydroxylation is 1. The minimum atomic E-state index is -3.88. The zero-order valence-corrected chi connectivity index (χ0v) is 19.6. The van der Waals surface area contributed by atoms with E-state index in [1.807, 2.05) is 12.1 Å². The van der Waals surface area contributed by atoms with Crippen LogP contribution in [0.1, 0.15) is 48.4 Å². The highest BCUT2D eigenvalue weighted by molar-refractivity contribution is 7.89. The molecule has 0 aliphatic carbocycles. The average molecular weight is 463 g/mol. The molecule has 2 heterocycles. The lowest BCUT2D eigenvalue weighted by Crippen LogP contribution is -2.43. The fourth-order valence-corrected chi connectivity index (χ4v) is 5.17. The largest absolute Gasteiger partial charge is 0.460 e. The van der Waals surface area contributed by atoms with Gasteiger partial charge in [0.2, 0.25) is 16.8 Å². The van der Waals surface area contributed by atoms with Crippen LogP contribution in [0.25, 0.3) is 0 Å². The van der Waals surface area contributed by atoms with E-state index < -0.39 is 16.0 Å². The van der Waals surface area contributed by atoms with Crippen molar-refractivity contribution < 1.29 is 27.2 Å². The Morgan fingerprint density at radius 3 is 2.28 bits per heavy atom. The van der Waals surface area contributed by atoms with Crippen molar-refractivity contribution in [3.8, 4) is 0 Å². The molecule has 0 spiro atoms. The Morgan fingerprint density at radius 2 is 1.69 bits per heavy atom. The van der Waals surface area contributed by atoms with Gasteiger partial charge in [-0.25, -0.2) is 13.2 Å². The van der Waals surface area contributed by atoms with Gasteiger partial charge in [-0.15, -0.1) is 0 Å². The van der Waals surface area contributed by atoms with Crippen LogP contribution in [0.15, 0.2) is 45.9 Å². The maximum atomic E-state index is 12.9. The number of esters is 1. The number of benzene rings is 1. The highest BCUT2D eigenvalue weighted by Crippen LogP contribution is 2.26. The number of carbonyl (C=O) groups is 2. The van der Waals surface area contributed by atoms with Crippen LogP contribution >= 0.6 is 0 Å². The van der Waals surface area contributed by atoms with E-state index in [1.54, 1.807) is 18.9 Å². The molecular weight excluding hydrogens is 432 g/mol. The molecule has 174 valence electrons. The Hall–Kier alpha value is -2.65. The summed E-state index contributed by atoms with van der Waals surface area (Å²) in [5.41, 5.74) is 2.32. The topological polar surface area (TPSA) is 97.1 Å². The quantitative estimate of drug-likeness (QED) is 0.560. The first-order chi connectivity index (χ1) is 15.3. The Labute approximate surface area is 189 Å². The molecule has 1 amide bonds. The molecule has 1 aliphatic heterocycles. The van der Waals surface area contributed by atoms with Crippen LogP contribution in [-0.4, -0.2) is 56.2 Å². The number of carbonyl (C=O) groups excluding carboxylic acids is 2. The Bertz CT molecular complexity index is 1040. The van der Waals surface area contributed by atoms with Gasteiger partial charge < -0.3 is 14.1 Å². The number of furan rings is 1. The third kappa shape index (κ3) is 5.39. The van der Waals surface area contributed by atoms with Gasteiger partial charge in [-0.1, -0.05) is 31.2 Å². The summed E-state index contributed by atoms with van der Waals surface area (Å²) in [6.07, 6.45) is 1.84. The zero-order valence-electron chi connectivity index (χ0n) is 18.7. The number of hydrogen-bond acceptors (Lipinski definition) is 6. The molecule has 1 aliphatic rings. The van der Waals surface area contributed by atoms with Gasteiger partial charge in [0.15, 0.2) is 0 Å². The van der Waals surface area contributed by atoms with Crippen molar-refractivity contribution in [2.75, 3.05) is 26.7 Å². The van der Waals surface area contributed by atoms with Gasteiger partial charge in [-0.3, -0.25) is 4.79 Å². The second-order valence-corrected chi connectivity index (χ2v) is 9.75. The number of piperidine rings is 1. The summed E-state index contributed by atoms with van der Waals surface area (Å²) in [7, 11) is -2.10. The maximum absolute atomic E-state index is 12.9. The van der Waals surface area contributed by atoms with E-state index in [0.717, 1.165) is 12.0 Å². The third-order valence-corrected chi connectivity index (χ3v) is 7.46. The summed E-state index contributed by atoms with van der Waals surface area (Å²) < 4.78 is 37.1. The zero-order chi connectivity index (χ0) is 23.3. The number of rotatable bonds is 8. The summed E-state index contributed by atoms with van der Waals surface area (Å²) in [6, 6.07) is 10.8. The van der Waals surface area contributed by atoms with Crippen LogP contribution in [-0.2, 0) is 32.5 Å². The molecule has 9 heteroatoms. The van der Waals surface area contributed by atoms with Gasteiger partial charge in [-0.2, -0.15) is 4.31 Å². The maximum Gasteiger partial charge on any atom is 0.374 e. The second-order valence-electron chi connectivity index (χ2n) is 7.88. The highest BCUT2D eigenvalue weighted by Gasteiger charge is 2.35. The van der Waals surface area contributed by atoms with Crippen molar-refractivity contribution in [3.63, 3.8) is 0 Å². The number of hydrogen-bond donors (Lipinski definition) is 0. The van der Waals surface area contributed by atoms with E-state index in [2.05, 4.69) is 19.1 Å². The summed E-state index contributed by atoms with van der Waals surface area (Å²) in [5, 5.41) is -0.294. The monoisotopic (exact) mass is 462 g/mol. The van der Waals surface area contributed by atoms with Crippen molar-refractivity contribution in [2.45, 2.75) is 44.7 Å². The first-order valence-corrected chi connectivity index (χ1v) is 12.3. The smallest absolute Gasteiger partial charge is 0.374 e. The van der Waals surface area contributed by atoms with E-state index in [4.69, 9.17) is 9.15 Å². The number of amides is 1. The molecule has 0 bridgehead atoms. The Morgan fingerprint density at radius 1 is 1.06 bits per heavy atom. The molecule has 2 aromatic rings. The standard InChI is InChI=1S/C23H30N2O6S/c1-4-17-6-8-18(9-7-17)16-24(3)22(26)19-12-14-25(15-13-19)32(28,29)21-11-10-20(31-21)23(27)30-5-2/h6-11,19H,4-5,12-16H2,1-3H3.